The van der Waals surface area contributed by atoms with Gasteiger partial charge in [0.1, 0.15) is 6.54 Å². The second-order valence-electron chi connectivity index (χ2n) is 4.17. The van der Waals surface area contributed by atoms with Gasteiger partial charge in [0.25, 0.3) is 0 Å². The van der Waals surface area contributed by atoms with Crippen LogP contribution in [0.5, 0.6) is 0 Å². The molecule has 86 valence electrons. The Labute approximate surface area is 93.4 Å². The highest BCUT2D eigenvalue weighted by Gasteiger charge is 2.08. The summed E-state index contributed by atoms with van der Waals surface area (Å²) in [4.78, 5) is 4.28. The molecule has 0 spiro atoms. The molecular weight excluding hydrogens is 206 g/mol. The van der Waals surface area contributed by atoms with Crippen molar-refractivity contribution in [3.05, 3.63) is 24.1 Å². The quantitative estimate of drug-likeness (QED) is 0.835. The zero-order chi connectivity index (χ0) is 11.5. The molecule has 16 heavy (non-hydrogen) atoms. The number of aromatic nitrogens is 4. The molecular formula is C10H15N5O. The van der Waals surface area contributed by atoms with Gasteiger partial charge in [0.15, 0.2) is 5.82 Å². The van der Waals surface area contributed by atoms with Gasteiger partial charge in [-0.15, -0.1) is 0 Å². The molecule has 2 rings (SSSR count). The van der Waals surface area contributed by atoms with Crippen LogP contribution in [0.15, 0.2) is 16.9 Å². The van der Waals surface area contributed by atoms with Gasteiger partial charge in [0.05, 0.1) is 11.9 Å². The highest BCUT2D eigenvalue weighted by Crippen LogP contribution is 2.06. The summed E-state index contributed by atoms with van der Waals surface area (Å²) >= 11 is 0. The standard InChI is InChI=1S/C10H15N5O/c1-7(2)3-9-13-10(16-14-9)6-15-5-8(11)4-12-15/h4-5,7H,3,6,11H2,1-2H3. The van der Waals surface area contributed by atoms with Crippen LogP contribution in [0.3, 0.4) is 0 Å². The molecule has 0 saturated heterocycles. The highest BCUT2D eigenvalue weighted by molar-refractivity contribution is 5.30. The fraction of sp³-hybridized carbons (Fsp3) is 0.500. The minimum absolute atomic E-state index is 0.461. The Bertz CT molecular complexity index is 459. The van der Waals surface area contributed by atoms with Crippen LogP contribution in [0.1, 0.15) is 25.6 Å². The Hall–Kier alpha value is -1.85. The second-order valence-corrected chi connectivity index (χ2v) is 4.17. The number of anilines is 1. The molecule has 2 N–H and O–H groups in total. The van der Waals surface area contributed by atoms with Gasteiger partial charge in [0, 0.05) is 12.6 Å². The first-order valence-corrected chi connectivity index (χ1v) is 5.23. The molecule has 6 heteroatoms. The number of nitrogens with zero attached hydrogens (tertiary/aromatic N) is 4. The Balaban J connectivity index is 2.02. The molecule has 2 aromatic heterocycles. The SMILES string of the molecule is CC(C)Cc1noc(Cn2cc(N)cn2)n1. The molecule has 0 fully saturated rings. The van der Waals surface area contributed by atoms with Gasteiger partial charge < -0.3 is 10.3 Å². The molecule has 0 aromatic carbocycles. The van der Waals surface area contributed by atoms with Crippen molar-refractivity contribution in [2.45, 2.75) is 26.8 Å². The van der Waals surface area contributed by atoms with Gasteiger partial charge in [-0.1, -0.05) is 19.0 Å². The van der Waals surface area contributed by atoms with Crippen LogP contribution >= 0.6 is 0 Å². The fourth-order valence-electron chi connectivity index (χ4n) is 1.41. The van der Waals surface area contributed by atoms with Crippen LogP contribution in [0.25, 0.3) is 0 Å². The van der Waals surface area contributed by atoms with E-state index in [1.54, 1.807) is 17.1 Å². The summed E-state index contributed by atoms with van der Waals surface area (Å²) in [5, 5.41) is 7.95. The smallest absolute Gasteiger partial charge is 0.248 e. The third-order valence-electron chi connectivity index (χ3n) is 2.05. The average Bonchev–Trinajstić information content (AvgIpc) is 2.76. The zero-order valence-electron chi connectivity index (χ0n) is 9.42. The maximum absolute atomic E-state index is 5.55. The van der Waals surface area contributed by atoms with E-state index in [9.17, 15) is 0 Å². The van der Waals surface area contributed by atoms with Gasteiger partial charge in [-0.05, 0) is 5.92 Å². The van der Waals surface area contributed by atoms with Crippen molar-refractivity contribution in [3.8, 4) is 0 Å². The third kappa shape index (κ3) is 2.59. The zero-order valence-corrected chi connectivity index (χ0v) is 9.42. The van der Waals surface area contributed by atoms with Gasteiger partial charge >= 0.3 is 0 Å². The van der Waals surface area contributed by atoms with Crippen molar-refractivity contribution < 1.29 is 4.52 Å². The number of hydrogen-bond donors (Lipinski definition) is 1. The molecule has 0 aliphatic carbocycles. The number of hydrogen-bond acceptors (Lipinski definition) is 5. The van der Waals surface area contributed by atoms with Crippen molar-refractivity contribution in [3.63, 3.8) is 0 Å². The molecule has 0 unspecified atom stereocenters. The summed E-state index contributed by atoms with van der Waals surface area (Å²) < 4.78 is 6.78. The summed E-state index contributed by atoms with van der Waals surface area (Å²) in [5.74, 6) is 1.81. The maximum atomic E-state index is 5.55. The lowest BCUT2D eigenvalue weighted by Gasteiger charge is -1.96. The van der Waals surface area contributed by atoms with Gasteiger partial charge in [0.2, 0.25) is 5.89 Å². The van der Waals surface area contributed by atoms with Gasteiger partial charge in [-0.25, -0.2) is 0 Å². The summed E-state index contributed by atoms with van der Waals surface area (Å²) in [6, 6.07) is 0. The van der Waals surface area contributed by atoms with E-state index in [0.29, 0.717) is 24.0 Å². The molecule has 0 aliphatic rings. The Kier molecular flexibility index (Phi) is 2.89. The van der Waals surface area contributed by atoms with Crippen molar-refractivity contribution in [2.24, 2.45) is 5.92 Å². The van der Waals surface area contributed by atoms with E-state index in [1.165, 1.54) is 0 Å². The Morgan fingerprint density at radius 2 is 2.31 bits per heavy atom. The fourth-order valence-corrected chi connectivity index (χ4v) is 1.41. The van der Waals surface area contributed by atoms with Crippen LogP contribution in [-0.2, 0) is 13.0 Å². The van der Waals surface area contributed by atoms with Crippen molar-refractivity contribution in [2.75, 3.05) is 5.73 Å². The van der Waals surface area contributed by atoms with E-state index in [1.807, 2.05) is 0 Å². The van der Waals surface area contributed by atoms with E-state index in [-0.39, 0.29) is 0 Å². The van der Waals surface area contributed by atoms with E-state index in [0.717, 1.165) is 12.2 Å². The van der Waals surface area contributed by atoms with Crippen LogP contribution in [0.2, 0.25) is 0 Å². The maximum Gasteiger partial charge on any atom is 0.248 e. The van der Waals surface area contributed by atoms with Crippen LogP contribution in [0, 0.1) is 5.92 Å². The summed E-state index contributed by atoms with van der Waals surface area (Å²) in [6.07, 6.45) is 4.14. The molecule has 0 bridgehead atoms. The predicted molar refractivity (Wildman–Crippen MR) is 58.6 cm³/mol. The van der Waals surface area contributed by atoms with Crippen LogP contribution in [-0.4, -0.2) is 19.9 Å². The Morgan fingerprint density at radius 3 is 2.94 bits per heavy atom. The largest absolute Gasteiger partial charge is 0.396 e. The number of nitrogens with two attached hydrogens (primary N) is 1. The summed E-state index contributed by atoms with van der Waals surface area (Å²) in [5.41, 5.74) is 6.18. The lowest BCUT2D eigenvalue weighted by atomic mass is 10.1. The molecule has 0 amide bonds. The third-order valence-corrected chi connectivity index (χ3v) is 2.05. The molecule has 6 nitrogen and oxygen atoms in total. The monoisotopic (exact) mass is 221 g/mol. The van der Waals surface area contributed by atoms with Crippen LogP contribution < -0.4 is 5.73 Å². The van der Waals surface area contributed by atoms with Crippen molar-refractivity contribution in [1.82, 2.24) is 19.9 Å². The normalized spacial score (nSPS) is 11.2. The molecule has 2 aromatic rings. The van der Waals surface area contributed by atoms with Crippen LogP contribution in [0.4, 0.5) is 5.69 Å². The van der Waals surface area contributed by atoms with E-state index in [4.69, 9.17) is 10.3 Å². The molecule has 2 heterocycles. The topological polar surface area (TPSA) is 82.8 Å². The Morgan fingerprint density at radius 1 is 1.50 bits per heavy atom. The molecule has 0 radical (unpaired) electrons. The lowest BCUT2D eigenvalue weighted by molar-refractivity contribution is 0.359. The number of nitrogen functional groups attached to an aromatic ring is 1. The van der Waals surface area contributed by atoms with E-state index in [2.05, 4.69) is 29.1 Å². The first-order valence-electron chi connectivity index (χ1n) is 5.23. The lowest BCUT2D eigenvalue weighted by Crippen LogP contribution is -2.01. The van der Waals surface area contributed by atoms with E-state index < -0.39 is 0 Å². The van der Waals surface area contributed by atoms with Gasteiger partial charge in [-0.3, -0.25) is 4.68 Å². The molecule has 0 aliphatic heterocycles. The number of rotatable bonds is 4. The minimum Gasteiger partial charge on any atom is -0.396 e. The highest BCUT2D eigenvalue weighted by atomic mass is 16.5. The van der Waals surface area contributed by atoms with Crippen molar-refractivity contribution in [1.29, 1.82) is 0 Å². The average molecular weight is 221 g/mol. The molecule has 0 saturated carbocycles. The predicted octanol–water partition coefficient (Wildman–Crippen LogP) is 1.10. The van der Waals surface area contributed by atoms with E-state index >= 15 is 0 Å². The van der Waals surface area contributed by atoms with Crippen molar-refractivity contribution >= 4 is 5.69 Å². The van der Waals surface area contributed by atoms with Gasteiger partial charge in [-0.2, -0.15) is 10.1 Å². The summed E-state index contributed by atoms with van der Waals surface area (Å²) in [6.45, 7) is 4.69. The first kappa shape index (κ1) is 10.7. The molecule has 0 atom stereocenters. The first-order chi connectivity index (χ1) is 7.63. The summed E-state index contributed by atoms with van der Waals surface area (Å²) in [7, 11) is 0. The second kappa shape index (κ2) is 4.34. The minimum atomic E-state index is 0.461.